The van der Waals surface area contributed by atoms with E-state index in [0.29, 0.717) is 0 Å². The normalized spacial score (nSPS) is 11.0. The van der Waals surface area contributed by atoms with Crippen molar-refractivity contribution in [3.8, 4) is 0 Å². The van der Waals surface area contributed by atoms with Crippen LogP contribution in [0, 0.1) is 62.3 Å². The second-order valence-corrected chi connectivity index (χ2v) is 8.17. The van der Waals surface area contributed by atoms with Crippen LogP contribution in [-0.4, -0.2) is 21.7 Å². The van der Waals surface area contributed by atoms with Crippen molar-refractivity contribution in [1.29, 1.82) is 0 Å². The number of nitrogens with zero attached hydrogens (tertiary/aromatic N) is 3. The van der Waals surface area contributed by atoms with Crippen molar-refractivity contribution >= 4 is 23.1 Å². The molecule has 0 bridgehead atoms. The lowest BCUT2D eigenvalue weighted by molar-refractivity contribution is 1.11. The minimum absolute atomic E-state index is 0.0781. The number of hydrogen-bond donors (Lipinski definition) is 0. The average molecular weight is 371 g/mol. The molecule has 3 aromatic heterocycles. The molecule has 0 saturated heterocycles. The fourth-order valence-electron chi connectivity index (χ4n) is 4.84. The Morgan fingerprint density at radius 2 is 0.714 bits per heavy atom. The molecule has 0 N–H and O–H groups in total. The molecule has 3 nitrogen and oxygen atoms in total. The highest BCUT2D eigenvalue weighted by Crippen LogP contribution is 2.12. The molecule has 4 heteroatoms. The molecule has 3 heterocycles. The fraction of sp³-hybridized carbons (Fsp3) is 0.375. The maximum absolute atomic E-state index is 4.82. The van der Waals surface area contributed by atoms with E-state index in [1.165, 1.54) is 33.1 Å². The van der Waals surface area contributed by atoms with Gasteiger partial charge in [0.25, 0.3) is 0 Å². The molecule has 0 aliphatic carbocycles. The van der Waals surface area contributed by atoms with Gasteiger partial charge in [0, 0.05) is 34.2 Å². The van der Waals surface area contributed by atoms with Gasteiger partial charge in [0.15, 0.2) is 0 Å². The molecule has 0 aliphatic heterocycles. The van der Waals surface area contributed by atoms with Gasteiger partial charge in [-0.25, -0.2) is 0 Å². The highest BCUT2D eigenvalue weighted by Gasteiger charge is 2.32. The zero-order valence-electron chi connectivity index (χ0n) is 18.7. The Labute approximate surface area is 169 Å². The lowest BCUT2D eigenvalue weighted by atomic mass is 9.34. The summed E-state index contributed by atoms with van der Waals surface area (Å²) in [5.74, 6) is 0. The zero-order valence-corrected chi connectivity index (χ0v) is 18.7. The first-order valence-electron chi connectivity index (χ1n) is 9.94. The first-order valence-corrected chi connectivity index (χ1v) is 9.94. The standard InChI is InChI=1S/C24H30BN3/c1-13-10-16(4)26-19(7)22(13)25(23-14(2)11-17(5)27-20(23)8)24-15(3)12-18(6)28-21(24)9/h10-12H,1-9H3. The maximum Gasteiger partial charge on any atom is 0.249 e. The second kappa shape index (κ2) is 7.50. The van der Waals surface area contributed by atoms with Crippen molar-refractivity contribution in [2.45, 2.75) is 62.3 Å². The van der Waals surface area contributed by atoms with Crippen molar-refractivity contribution in [3.05, 3.63) is 69.1 Å². The van der Waals surface area contributed by atoms with E-state index in [-0.39, 0.29) is 6.71 Å². The van der Waals surface area contributed by atoms with Gasteiger partial charge in [-0.2, -0.15) is 0 Å². The van der Waals surface area contributed by atoms with Crippen LogP contribution >= 0.6 is 0 Å². The Bertz CT molecular complexity index is 864. The summed E-state index contributed by atoms with van der Waals surface area (Å²) in [5.41, 5.74) is 14.1. The third-order valence-electron chi connectivity index (χ3n) is 5.62. The van der Waals surface area contributed by atoms with Crippen LogP contribution in [0.3, 0.4) is 0 Å². The van der Waals surface area contributed by atoms with Crippen molar-refractivity contribution < 1.29 is 0 Å². The highest BCUT2D eigenvalue weighted by molar-refractivity contribution is 6.97. The summed E-state index contributed by atoms with van der Waals surface area (Å²) in [6, 6.07) is 6.57. The number of aromatic nitrogens is 3. The van der Waals surface area contributed by atoms with E-state index in [1.54, 1.807) is 0 Å². The summed E-state index contributed by atoms with van der Waals surface area (Å²) in [6.45, 7) is 19.2. The van der Waals surface area contributed by atoms with Gasteiger partial charge in [-0.15, -0.1) is 0 Å². The monoisotopic (exact) mass is 371 g/mol. The molecule has 3 rings (SSSR count). The van der Waals surface area contributed by atoms with E-state index >= 15 is 0 Å². The summed E-state index contributed by atoms with van der Waals surface area (Å²) >= 11 is 0. The van der Waals surface area contributed by atoms with E-state index in [1.807, 2.05) is 0 Å². The van der Waals surface area contributed by atoms with Crippen molar-refractivity contribution in [2.75, 3.05) is 0 Å². The van der Waals surface area contributed by atoms with E-state index in [9.17, 15) is 0 Å². The summed E-state index contributed by atoms with van der Waals surface area (Å²) in [6.07, 6.45) is 0. The molecule has 0 saturated carbocycles. The maximum atomic E-state index is 4.82. The van der Waals surface area contributed by atoms with Gasteiger partial charge < -0.3 is 0 Å². The molecule has 0 spiro atoms. The largest absolute Gasteiger partial charge is 0.259 e. The lowest BCUT2D eigenvalue weighted by Crippen LogP contribution is -2.58. The molecule has 0 aromatic carbocycles. The molecule has 0 atom stereocenters. The molecule has 0 amide bonds. The first-order chi connectivity index (χ1) is 13.1. The molecule has 3 aromatic rings. The van der Waals surface area contributed by atoms with Gasteiger partial charge in [0.2, 0.25) is 6.71 Å². The van der Waals surface area contributed by atoms with Gasteiger partial charge in [-0.1, -0.05) is 16.7 Å². The van der Waals surface area contributed by atoms with Crippen molar-refractivity contribution in [1.82, 2.24) is 15.0 Å². The van der Waals surface area contributed by atoms with Crippen LogP contribution in [0.1, 0.15) is 50.9 Å². The van der Waals surface area contributed by atoms with Crippen LogP contribution in [-0.2, 0) is 0 Å². The van der Waals surface area contributed by atoms with Crippen LogP contribution in [0.2, 0.25) is 0 Å². The molecule has 0 fully saturated rings. The van der Waals surface area contributed by atoms with Gasteiger partial charge in [-0.3, -0.25) is 15.0 Å². The number of pyridine rings is 3. The molecule has 144 valence electrons. The topological polar surface area (TPSA) is 38.7 Å². The Morgan fingerprint density at radius 1 is 0.464 bits per heavy atom. The Balaban J connectivity index is 2.45. The minimum atomic E-state index is 0.0781. The molecule has 0 radical (unpaired) electrons. The van der Waals surface area contributed by atoms with E-state index in [4.69, 9.17) is 15.0 Å². The molecule has 0 unspecified atom stereocenters. The summed E-state index contributed by atoms with van der Waals surface area (Å²) < 4.78 is 0. The van der Waals surface area contributed by atoms with Crippen molar-refractivity contribution in [3.63, 3.8) is 0 Å². The summed E-state index contributed by atoms with van der Waals surface area (Å²) in [5, 5.41) is 0. The lowest BCUT2D eigenvalue weighted by Gasteiger charge is -2.25. The van der Waals surface area contributed by atoms with E-state index < -0.39 is 0 Å². The molecular weight excluding hydrogens is 341 g/mol. The smallest absolute Gasteiger partial charge is 0.249 e. The van der Waals surface area contributed by atoms with Crippen LogP contribution in [0.4, 0.5) is 0 Å². The van der Waals surface area contributed by atoms with E-state index in [2.05, 4.69) is 80.5 Å². The third-order valence-corrected chi connectivity index (χ3v) is 5.62. The summed E-state index contributed by atoms with van der Waals surface area (Å²) in [7, 11) is 0. The third kappa shape index (κ3) is 3.60. The summed E-state index contributed by atoms with van der Waals surface area (Å²) in [4.78, 5) is 14.5. The van der Waals surface area contributed by atoms with Crippen LogP contribution in [0.25, 0.3) is 0 Å². The second-order valence-electron chi connectivity index (χ2n) is 8.17. The first kappa shape index (κ1) is 20.3. The van der Waals surface area contributed by atoms with E-state index in [0.717, 1.165) is 34.2 Å². The Kier molecular flexibility index (Phi) is 5.42. The molecule has 28 heavy (non-hydrogen) atoms. The SMILES string of the molecule is Cc1cc(C)c(B(c2c(C)cc(C)nc2C)c2c(C)cc(C)nc2C)c(C)n1. The Morgan fingerprint density at radius 3 is 0.929 bits per heavy atom. The predicted molar refractivity (Wildman–Crippen MR) is 120 cm³/mol. The quantitative estimate of drug-likeness (QED) is 0.664. The number of rotatable bonds is 3. The number of aryl methyl sites for hydroxylation is 9. The fourth-order valence-corrected chi connectivity index (χ4v) is 4.84. The van der Waals surface area contributed by atoms with Gasteiger partial charge in [-0.05, 0) is 96.9 Å². The molecular formula is C24H30BN3. The zero-order chi connectivity index (χ0) is 20.7. The minimum Gasteiger partial charge on any atom is -0.259 e. The number of hydrogen-bond acceptors (Lipinski definition) is 3. The Hall–Kier alpha value is -2.49. The van der Waals surface area contributed by atoms with Crippen LogP contribution in [0.5, 0.6) is 0 Å². The molecule has 0 aliphatic rings. The van der Waals surface area contributed by atoms with Gasteiger partial charge >= 0.3 is 0 Å². The van der Waals surface area contributed by atoms with Crippen LogP contribution < -0.4 is 16.4 Å². The van der Waals surface area contributed by atoms with Crippen molar-refractivity contribution in [2.24, 2.45) is 0 Å². The van der Waals surface area contributed by atoms with Crippen LogP contribution in [0.15, 0.2) is 18.2 Å². The highest BCUT2D eigenvalue weighted by atomic mass is 14.7. The predicted octanol–water partition coefficient (Wildman–Crippen LogP) is 3.16. The average Bonchev–Trinajstić information content (AvgIpc) is 2.51. The van der Waals surface area contributed by atoms with Gasteiger partial charge in [0.05, 0.1) is 0 Å². The van der Waals surface area contributed by atoms with Gasteiger partial charge in [0.1, 0.15) is 0 Å².